The number of rotatable bonds is 12. The zero-order valence-electron chi connectivity index (χ0n) is 32.9. The van der Waals surface area contributed by atoms with E-state index in [0.717, 1.165) is 29.3 Å². The van der Waals surface area contributed by atoms with Crippen molar-refractivity contribution >= 4 is 17.7 Å². The van der Waals surface area contributed by atoms with Gasteiger partial charge in [-0.1, -0.05) is 65.8 Å². The topological polar surface area (TPSA) is 79.6 Å². The summed E-state index contributed by atoms with van der Waals surface area (Å²) in [7, 11) is 0. The van der Waals surface area contributed by atoms with Crippen LogP contribution in [0.5, 0.6) is 0 Å². The Morgan fingerprint density at radius 1 is 0.733 bits per heavy atom. The quantitative estimate of drug-likeness (QED) is 0.116. The van der Waals surface area contributed by atoms with Gasteiger partial charge in [0.05, 0.1) is 41.1 Å². The van der Waals surface area contributed by atoms with E-state index < -0.39 is 71.6 Å². The van der Waals surface area contributed by atoms with Gasteiger partial charge in [-0.25, -0.2) is 4.79 Å². The van der Waals surface area contributed by atoms with Crippen LogP contribution in [-0.2, 0) is 49.4 Å². The van der Waals surface area contributed by atoms with Gasteiger partial charge in [0.15, 0.2) is 0 Å². The zero-order valence-corrected chi connectivity index (χ0v) is 32.9. The molecule has 3 atom stereocenters. The van der Waals surface area contributed by atoms with E-state index in [1.807, 2.05) is 67.6 Å². The monoisotopic (exact) mass is 847 g/mol. The molecule has 2 heterocycles. The number of nitrogens with zero attached hydrogens (tertiary/aromatic N) is 7. The van der Waals surface area contributed by atoms with Crippen LogP contribution in [0.4, 0.5) is 55.9 Å². The van der Waals surface area contributed by atoms with Crippen molar-refractivity contribution in [1.82, 2.24) is 25.1 Å². The Morgan fingerprint density at radius 3 is 1.80 bits per heavy atom. The molecule has 18 heteroatoms. The van der Waals surface area contributed by atoms with Crippen molar-refractivity contribution in [2.24, 2.45) is 0 Å². The van der Waals surface area contributed by atoms with E-state index in [0.29, 0.717) is 25.2 Å². The summed E-state index contributed by atoms with van der Waals surface area (Å²) in [6, 6.07) is 20.8. The molecule has 1 aliphatic rings. The number of carbonyl (C=O) groups excluding carboxylic acids is 1. The van der Waals surface area contributed by atoms with Gasteiger partial charge in [-0.15, -0.1) is 5.10 Å². The van der Waals surface area contributed by atoms with Crippen LogP contribution in [0.25, 0.3) is 0 Å². The van der Waals surface area contributed by atoms with Crippen LogP contribution in [0.1, 0.15) is 79.1 Å². The van der Waals surface area contributed by atoms with Crippen molar-refractivity contribution in [3.63, 3.8) is 0 Å². The molecule has 0 fully saturated rings. The molecule has 0 saturated heterocycles. The third-order valence-electron chi connectivity index (χ3n) is 10.1. The molecule has 2 unspecified atom stereocenters. The highest BCUT2D eigenvalue weighted by molar-refractivity contribution is 5.90. The molecular weight excluding hydrogens is 805 g/mol. The maximum Gasteiger partial charge on any atom is 0.416 e. The molecule has 60 heavy (non-hydrogen) atoms. The molecule has 0 saturated carbocycles. The molecule has 6 rings (SSSR count). The smallest absolute Gasteiger partial charge is 0.416 e. The molecule has 0 spiro atoms. The van der Waals surface area contributed by atoms with E-state index in [4.69, 9.17) is 4.74 Å². The van der Waals surface area contributed by atoms with Gasteiger partial charge in [0.2, 0.25) is 0 Å². The van der Waals surface area contributed by atoms with Crippen molar-refractivity contribution in [3.8, 4) is 0 Å². The van der Waals surface area contributed by atoms with E-state index in [1.165, 1.54) is 14.6 Å². The second kappa shape index (κ2) is 17.5. The van der Waals surface area contributed by atoms with Gasteiger partial charge in [-0.2, -0.15) is 44.3 Å². The number of ether oxygens (including phenoxy) is 1. The van der Waals surface area contributed by atoms with Crippen LogP contribution >= 0.6 is 0 Å². The molecule has 1 aromatic heterocycles. The second-order valence-corrected chi connectivity index (χ2v) is 15.1. The number of fused-ring (bicyclic) bond motifs is 1. The summed E-state index contributed by atoms with van der Waals surface area (Å²) in [6.45, 7) is 7.15. The predicted molar refractivity (Wildman–Crippen MR) is 204 cm³/mol. The number of hydrogen-bond acceptors (Lipinski definition) is 7. The summed E-state index contributed by atoms with van der Waals surface area (Å²) in [5, 5.41) is 12.9. The minimum absolute atomic E-state index is 0.000836. The normalized spacial score (nSPS) is 16.6. The van der Waals surface area contributed by atoms with Gasteiger partial charge in [-0.05, 0) is 98.0 Å². The second-order valence-electron chi connectivity index (χ2n) is 15.1. The summed E-state index contributed by atoms with van der Waals surface area (Å²) in [5.41, 5.74) is -2.78. The first kappa shape index (κ1) is 43.9. The summed E-state index contributed by atoms with van der Waals surface area (Å²) in [4.78, 5) is 19.2. The zero-order chi connectivity index (χ0) is 43.6. The molecule has 0 bridgehead atoms. The Morgan fingerprint density at radius 2 is 1.28 bits per heavy atom. The molecule has 0 N–H and O–H groups in total. The lowest BCUT2D eigenvalue weighted by Gasteiger charge is -2.43. The van der Waals surface area contributed by atoms with Gasteiger partial charge >= 0.3 is 24.6 Å². The summed E-state index contributed by atoms with van der Waals surface area (Å²) < 4.78 is 133. The molecule has 0 radical (unpaired) electrons. The lowest BCUT2D eigenvalue weighted by Crippen LogP contribution is -2.47. The Kier molecular flexibility index (Phi) is 12.8. The van der Waals surface area contributed by atoms with Crippen LogP contribution in [0, 0.1) is 0 Å². The lowest BCUT2D eigenvalue weighted by molar-refractivity contribution is -0.143. The van der Waals surface area contributed by atoms with E-state index in [9.17, 15) is 44.3 Å². The Bertz CT molecular complexity index is 2160. The van der Waals surface area contributed by atoms with Crippen molar-refractivity contribution < 1.29 is 49.0 Å². The summed E-state index contributed by atoms with van der Waals surface area (Å²) >= 11 is 0. The Balaban J connectivity index is 1.44. The molecule has 1 aliphatic heterocycles. The standard InChI is InChI=1S/C42H42F9N7O2/c1-26(2)60-39(59)58-27(3)17-37(35-21-32(40(43,44)45)15-16-36(35)58)56(25-31-18-33(41(46,47)48)20-34(19-31)42(49,50)51)38-52-54-57(53-38)22-28(4)55(23-29-11-7-5-8-12-29)24-30-13-9-6-10-14-30/h5-16,18-21,26-28,37H,17,22-25H2,1-4H3/t27?,28-,37?/m1/s1. The van der Waals surface area contributed by atoms with Gasteiger partial charge < -0.3 is 9.64 Å². The number of aromatic nitrogens is 4. The van der Waals surface area contributed by atoms with Crippen molar-refractivity contribution in [2.45, 2.75) is 103 Å². The van der Waals surface area contributed by atoms with E-state index in [1.54, 1.807) is 20.8 Å². The van der Waals surface area contributed by atoms with Gasteiger partial charge in [0, 0.05) is 31.7 Å². The maximum absolute atomic E-state index is 14.3. The van der Waals surface area contributed by atoms with E-state index in [-0.39, 0.29) is 42.3 Å². The predicted octanol–water partition coefficient (Wildman–Crippen LogP) is 10.7. The minimum atomic E-state index is -5.17. The van der Waals surface area contributed by atoms with Gasteiger partial charge in [0.25, 0.3) is 5.95 Å². The lowest BCUT2D eigenvalue weighted by atomic mass is 9.89. The first-order valence-corrected chi connectivity index (χ1v) is 19.0. The maximum atomic E-state index is 14.3. The first-order chi connectivity index (χ1) is 28.2. The number of benzene rings is 4. The first-order valence-electron chi connectivity index (χ1n) is 19.0. The number of carbonyl (C=O) groups is 1. The number of hydrogen-bond donors (Lipinski definition) is 0. The highest BCUT2D eigenvalue weighted by Crippen LogP contribution is 2.45. The third-order valence-corrected chi connectivity index (χ3v) is 10.1. The van der Waals surface area contributed by atoms with Crippen LogP contribution in [0.2, 0.25) is 0 Å². The third kappa shape index (κ3) is 10.6. The van der Waals surface area contributed by atoms with Gasteiger partial charge in [0.1, 0.15) is 0 Å². The SMILES string of the molecule is CC(C)OC(=O)N1c2ccc(C(F)(F)F)cc2C(N(Cc2cc(C(F)(F)F)cc(C(F)(F)F)c2)c2nnn(C[C@@H](C)N(Cc3ccccc3)Cc3ccccc3)n2)CC1C. The molecule has 320 valence electrons. The average molecular weight is 848 g/mol. The molecule has 4 aromatic carbocycles. The van der Waals surface area contributed by atoms with Crippen LogP contribution < -0.4 is 9.80 Å². The number of anilines is 2. The van der Waals surface area contributed by atoms with Crippen molar-refractivity contribution in [3.05, 3.63) is 136 Å². The number of tetrazole rings is 1. The summed E-state index contributed by atoms with van der Waals surface area (Å²) in [6.07, 6.45) is -16.8. The molecule has 0 aliphatic carbocycles. The molecule has 5 aromatic rings. The van der Waals surface area contributed by atoms with E-state index in [2.05, 4.69) is 20.3 Å². The Hall–Kier alpha value is -5.65. The number of alkyl halides is 9. The molecule has 1 amide bonds. The highest BCUT2D eigenvalue weighted by Gasteiger charge is 2.42. The molecule has 9 nitrogen and oxygen atoms in total. The van der Waals surface area contributed by atoms with Crippen molar-refractivity contribution in [1.29, 1.82) is 0 Å². The highest BCUT2D eigenvalue weighted by atomic mass is 19.4. The fourth-order valence-electron chi connectivity index (χ4n) is 7.25. The average Bonchev–Trinajstić information content (AvgIpc) is 3.63. The number of amides is 1. The fraction of sp³-hybridized carbons (Fsp3) is 0.381. The van der Waals surface area contributed by atoms with Crippen LogP contribution in [-0.4, -0.2) is 49.4 Å². The minimum Gasteiger partial charge on any atom is -0.446 e. The van der Waals surface area contributed by atoms with Crippen LogP contribution in [0.3, 0.4) is 0 Å². The fourth-order valence-corrected chi connectivity index (χ4v) is 7.25. The van der Waals surface area contributed by atoms with Crippen molar-refractivity contribution in [2.75, 3.05) is 9.80 Å². The largest absolute Gasteiger partial charge is 0.446 e. The van der Waals surface area contributed by atoms with Gasteiger partial charge in [-0.3, -0.25) is 9.80 Å². The van der Waals surface area contributed by atoms with Crippen LogP contribution in [0.15, 0.2) is 97.1 Å². The Labute approximate surface area is 340 Å². The number of halogens is 9. The molecular formula is C42H42F9N7O2. The van der Waals surface area contributed by atoms with E-state index >= 15 is 0 Å². The summed E-state index contributed by atoms with van der Waals surface area (Å²) in [5.74, 6) is -0.274.